The topological polar surface area (TPSA) is 112 Å². The van der Waals surface area contributed by atoms with Crippen LogP contribution in [-0.2, 0) is 9.92 Å². The first-order chi connectivity index (χ1) is 14.6. The van der Waals surface area contributed by atoms with Crippen molar-refractivity contribution >= 4 is 21.3 Å². The summed E-state index contributed by atoms with van der Waals surface area (Å²) in [7, 11) is -2.69. The van der Waals surface area contributed by atoms with E-state index in [1.54, 1.807) is 15.3 Å². The van der Waals surface area contributed by atoms with Gasteiger partial charge in [0, 0.05) is 49.7 Å². The van der Waals surface area contributed by atoms with E-state index in [0.29, 0.717) is 18.6 Å². The van der Waals surface area contributed by atoms with Crippen LogP contribution in [0.15, 0.2) is 29.2 Å². The van der Waals surface area contributed by atoms with E-state index >= 15 is 0 Å². The number of hydrogen-bond donors (Lipinski definition) is 3. The predicted molar refractivity (Wildman–Crippen MR) is 121 cm³/mol. The third kappa shape index (κ3) is 4.56. The molecule has 0 spiro atoms. The Bertz CT molecular complexity index is 1120. The van der Waals surface area contributed by atoms with Gasteiger partial charge >= 0.3 is 0 Å². The molecule has 9 nitrogen and oxygen atoms in total. The second-order valence-corrected chi connectivity index (χ2v) is 11.1. The van der Waals surface area contributed by atoms with Crippen molar-refractivity contribution in [3.8, 4) is 0 Å². The van der Waals surface area contributed by atoms with Crippen molar-refractivity contribution in [1.82, 2.24) is 24.1 Å². The summed E-state index contributed by atoms with van der Waals surface area (Å²) in [4.78, 5) is 28.5. The number of hydrogen-bond acceptors (Lipinski definition) is 5. The van der Waals surface area contributed by atoms with Crippen LogP contribution >= 0.6 is 0 Å². The van der Waals surface area contributed by atoms with E-state index in [0.717, 1.165) is 37.7 Å². The van der Waals surface area contributed by atoms with Crippen LogP contribution < -0.4 is 15.6 Å². The van der Waals surface area contributed by atoms with Gasteiger partial charge in [-0.05, 0) is 57.7 Å². The fourth-order valence-corrected chi connectivity index (χ4v) is 5.64. The fourth-order valence-electron chi connectivity index (χ4n) is 5.16. The Hall–Kier alpha value is -2.17. The lowest BCUT2D eigenvalue weighted by Crippen LogP contribution is -2.52. The fraction of sp³-hybridized carbons (Fsp3) is 0.619. The van der Waals surface area contributed by atoms with Gasteiger partial charge in [0.25, 0.3) is 11.5 Å². The van der Waals surface area contributed by atoms with Crippen LogP contribution in [0.4, 0.5) is 0 Å². The molecule has 4 rings (SSSR count). The molecule has 170 valence electrons. The third-order valence-electron chi connectivity index (χ3n) is 6.42. The standard InChI is InChI=1S/C21H32N6O3S/c1-14(2)27-21(29)19(13-18-5-4-9-26(18)27)20(28)24-15-11-16-6-7-17(12-15)25(16)10-8-23-31(3,22)30/h4-5,9,13-17H,6-8,10-12H2,1-3H3,(H,24,28)(H2,22,23,30). The van der Waals surface area contributed by atoms with Crippen molar-refractivity contribution in [2.45, 2.75) is 63.7 Å². The summed E-state index contributed by atoms with van der Waals surface area (Å²) < 4.78 is 25.2. The number of piperidine rings is 1. The van der Waals surface area contributed by atoms with Crippen LogP contribution in [0.25, 0.3) is 5.52 Å². The molecule has 0 aliphatic carbocycles. The average Bonchev–Trinajstić information content (AvgIpc) is 3.21. The van der Waals surface area contributed by atoms with Crippen molar-refractivity contribution < 1.29 is 9.00 Å². The minimum atomic E-state index is -2.69. The van der Waals surface area contributed by atoms with Crippen molar-refractivity contribution in [2.24, 2.45) is 0 Å². The Labute approximate surface area is 182 Å². The highest BCUT2D eigenvalue weighted by Crippen LogP contribution is 2.35. The molecule has 1 amide bonds. The molecule has 2 aromatic rings. The lowest BCUT2D eigenvalue weighted by atomic mass is 9.97. The minimum absolute atomic E-state index is 0.0377. The van der Waals surface area contributed by atoms with E-state index in [1.165, 1.54) is 6.26 Å². The summed E-state index contributed by atoms with van der Waals surface area (Å²) in [6, 6.07) is 6.15. The first-order valence-corrected chi connectivity index (χ1v) is 12.9. The predicted octanol–water partition coefficient (Wildman–Crippen LogP) is 1.59. The van der Waals surface area contributed by atoms with Gasteiger partial charge in [-0.1, -0.05) is 0 Å². The summed E-state index contributed by atoms with van der Waals surface area (Å²) in [6.45, 7) is 5.14. The van der Waals surface area contributed by atoms with Gasteiger partial charge in [-0.15, -0.1) is 0 Å². The molecule has 4 heterocycles. The molecule has 3 unspecified atom stereocenters. The van der Waals surface area contributed by atoms with E-state index < -0.39 is 9.92 Å². The summed E-state index contributed by atoms with van der Waals surface area (Å²) in [6.07, 6.45) is 7.07. The van der Waals surface area contributed by atoms with E-state index in [1.807, 2.05) is 32.2 Å². The number of rotatable bonds is 7. The highest BCUT2D eigenvalue weighted by atomic mass is 32.2. The number of amides is 1. The minimum Gasteiger partial charge on any atom is -0.349 e. The molecule has 2 saturated heterocycles. The van der Waals surface area contributed by atoms with E-state index in [2.05, 4.69) is 14.9 Å². The Morgan fingerprint density at radius 1 is 1.29 bits per heavy atom. The van der Waals surface area contributed by atoms with Gasteiger partial charge in [0.1, 0.15) is 15.5 Å². The molecule has 31 heavy (non-hydrogen) atoms. The summed E-state index contributed by atoms with van der Waals surface area (Å²) in [5.41, 5.74) is 0.732. The number of nitrogens with one attached hydrogen (secondary N) is 3. The maximum Gasteiger partial charge on any atom is 0.278 e. The van der Waals surface area contributed by atoms with Gasteiger partial charge in [0.05, 0.1) is 5.52 Å². The zero-order valence-electron chi connectivity index (χ0n) is 18.3. The van der Waals surface area contributed by atoms with E-state index in [9.17, 15) is 13.8 Å². The van der Waals surface area contributed by atoms with Gasteiger partial charge in [0.2, 0.25) is 0 Å². The summed E-state index contributed by atoms with van der Waals surface area (Å²) in [5.74, 6) is -0.303. The molecule has 2 fully saturated rings. The molecule has 2 bridgehead atoms. The largest absolute Gasteiger partial charge is 0.349 e. The molecular formula is C21H32N6O3S. The van der Waals surface area contributed by atoms with Crippen molar-refractivity contribution in [1.29, 1.82) is 4.78 Å². The molecule has 0 saturated carbocycles. The quantitative estimate of drug-likeness (QED) is 0.597. The molecule has 2 aliphatic rings. The molecule has 10 heteroatoms. The van der Waals surface area contributed by atoms with Gasteiger partial charge in [-0.3, -0.25) is 19.0 Å². The second-order valence-electron chi connectivity index (χ2n) is 9.08. The van der Waals surface area contributed by atoms with Crippen LogP contribution in [0.3, 0.4) is 0 Å². The number of aromatic nitrogens is 2. The Balaban J connectivity index is 1.45. The Morgan fingerprint density at radius 3 is 2.58 bits per heavy atom. The lowest BCUT2D eigenvalue weighted by molar-refractivity contribution is 0.0847. The molecule has 2 aromatic heterocycles. The molecule has 0 aromatic carbocycles. The number of carbonyl (C=O) groups is 1. The smallest absolute Gasteiger partial charge is 0.278 e. The highest BCUT2D eigenvalue weighted by Gasteiger charge is 2.40. The highest BCUT2D eigenvalue weighted by molar-refractivity contribution is 7.89. The van der Waals surface area contributed by atoms with E-state index in [-0.39, 0.29) is 29.1 Å². The number of fused-ring (bicyclic) bond motifs is 3. The van der Waals surface area contributed by atoms with Gasteiger partial charge in [-0.2, -0.15) is 0 Å². The van der Waals surface area contributed by atoms with E-state index in [4.69, 9.17) is 4.78 Å². The SMILES string of the molecule is CC(C)n1c(=O)c(C(=O)NC2CC3CCC(C2)N3CCNS(C)(=N)=O)cc2cccn21. The molecule has 3 atom stereocenters. The van der Waals surface area contributed by atoms with Crippen LogP contribution in [0.2, 0.25) is 0 Å². The molecule has 0 radical (unpaired) electrons. The molecular weight excluding hydrogens is 416 g/mol. The van der Waals surface area contributed by atoms with Crippen molar-refractivity contribution in [3.63, 3.8) is 0 Å². The van der Waals surface area contributed by atoms with Gasteiger partial charge in [-0.25, -0.2) is 18.4 Å². The molecule has 3 N–H and O–H groups in total. The zero-order chi connectivity index (χ0) is 22.3. The first kappa shape index (κ1) is 22.0. The molecule has 2 aliphatic heterocycles. The normalized spacial score (nSPS) is 25.7. The van der Waals surface area contributed by atoms with Gasteiger partial charge < -0.3 is 5.32 Å². The zero-order valence-corrected chi connectivity index (χ0v) is 19.2. The maximum atomic E-state index is 13.1. The third-order valence-corrected chi connectivity index (χ3v) is 7.18. The number of nitrogens with zero attached hydrogens (tertiary/aromatic N) is 3. The Morgan fingerprint density at radius 2 is 1.97 bits per heavy atom. The monoisotopic (exact) mass is 448 g/mol. The average molecular weight is 449 g/mol. The van der Waals surface area contributed by atoms with Crippen LogP contribution in [0.1, 0.15) is 55.9 Å². The summed E-state index contributed by atoms with van der Waals surface area (Å²) in [5, 5.41) is 3.12. The van der Waals surface area contributed by atoms with Crippen LogP contribution in [-0.4, -0.2) is 61.7 Å². The lowest BCUT2D eigenvalue weighted by Gasteiger charge is -2.39. The van der Waals surface area contributed by atoms with Crippen molar-refractivity contribution in [3.05, 3.63) is 40.3 Å². The van der Waals surface area contributed by atoms with Crippen LogP contribution in [0.5, 0.6) is 0 Å². The second kappa shape index (κ2) is 8.40. The maximum absolute atomic E-state index is 13.1. The van der Waals surface area contributed by atoms with Gasteiger partial charge in [0.15, 0.2) is 0 Å². The van der Waals surface area contributed by atoms with Crippen molar-refractivity contribution in [2.75, 3.05) is 19.3 Å². The first-order valence-electron chi connectivity index (χ1n) is 10.9. The Kier molecular flexibility index (Phi) is 5.97. The number of carbonyl (C=O) groups excluding carboxylic acids is 1. The summed E-state index contributed by atoms with van der Waals surface area (Å²) >= 11 is 0. The van der Waals surface area contributed by atoms with Crippen LogP contribution in [0, 0.1) is 4.78 Å².